The molecular formula is C15H8F5O2. The first-order valence-corrected chi connectivity index (χ1v) is 5.94. The van der Waals surface area contributed by atoms with Crippen molar-refractivity contribution in [3.63, 3.8) is 0 Å². The van der Waals surface area contributed by atoms with Crippen molar-refractivity contribution in [1.29, 1.82) is 0 Å². The normalized spacial score (nSPS) is 12.3. The highest BCUT2D eigenvalue weighted by Crippen LogP contribution is 2.31. The van der Waals surface area contributed by atoms with E-state index in [4.69, 9.17) is 0 Å². The van der Waals surface area contributed by atoms with Crippen molar-refractivity contribution in [3.8, 4) is 5.75 Å². The number of aromatic hydroxyl groups is 1. The highest BCUT2D eigenvalue weighted by atomic mass is 19.2. The number of hydrogen-bond acceptors (Lipinski definition) is 2. The second kappa shape index (κ2) is 5.75. The molecule has 0 aliphatic carbocycles. The predicted octanol–water partition coefficient (Wildman–Crippen LogP) is 3.89. The van der Waals surface area contributed by atoms with Crippen LogP contribution < -0.4 is 0 Å². The zero-order chi connectivity index (χ0) is 16.6. The van der Waals surface area contributed by atoms with Gasteiger partial charge in [-0.2, -0.15) is 0 Å². The maximum atomic E-state index is 13.6. The van der Waals surface area contributed by atoms with Crippen molar-refractivity contribution >= 4 is 5.78 Å². The summed E-state index contributed by atoms with van der Waals surface area (Å²) in [6, 6.07) is 5.28. The number of phenolic OH excluding ortho intramolecular Hbond substituents is 1. The number of halogens is 5. The van der Waals surface area contributed by atoms with E-state index in [0.717, 1.165) is 0 Å². The Hall–Kier alpha value is -2.44. The summed E-state index contributed by atoms with van der Waals surface area (Å²) in [6.45, 7) is 3.33. The lowest BCUT2D eigenvalue weighted by Gasteiger charge is -2.14. The van der Waals surface area contributed by atoms with E-state index >= 15 is 0 Å². The van der Waals surface area contributed by atoms with Crippen LogP contribution in [0.4, 0.5) is 22.0 Å². The molecule has 2 rings (SSSR count). The minimum Gasteiger partial charge on any atom is -0.508 e. The summed E-state index contributed by atoms with van der Waals surface area (Å²) in [5.74, 6) is -14.6. The number of carbonyl (C=O) groups is 1. The Morgan fingerprint density at radius 1 is 0.909 bits per heavy atom. The number of para-hydroxylation sites is 1. The van der Waals surface area contributed by atoms with Crippen LogP contribution in [0, 0.1) is 36.0 Å². The van der Waals surface area contributed by atoms with Gasteiger partial charge >= 0.3 is 0 Å². The summed E-state index contributed by atoms with van der Waals surface area (Å²) in [6.07, 6.45) is 0. The molecule has 0 saturated carbocycles. The predicted molar refractivity (Wildman–Crippen MR) is 66.8 cm³/mol. The first-order valence-electron chi connectivity index (χ1n) is 5.94. The molecule has 0 aromatic heterocycles. The molecule has 0 heterocycles. The van der Waals surface area contributed by atoms with Gasteiger partial charge in [0, 0.05) is 5.56 Å². The fourth-order valence-electron chi connectivity index (χ4n) is 1.92. The molecule has 0 unspecified atom stereocenters. The van der Waals surface area contributed by atoms with E-state index in [1.807, 2.05) is 0 Å². The first-order chi connectivity index (χ1) is 10.3. The molecule has 2 aromatic rings. The highest BCUT2D eigenvalue weighted by Gasteiger charge is 2.32. The number of ketones is 1. The largest absolute Gasteiger partial charge is 0.508 e. The Morgan fingerprint density at radius 2 is 1.36 bits per heavy atom. The number of Topliss-reactive ketones (excluding diaryl/α,β-unsaturated/α-hetero) is 1. The second-order valence-corrected chi connectivity index (χ2v) is 4.42. The van der Waals surface area contributed by atoms with Crippen LogP contribution in [0.25, 0.3) is 0 Å². The van der Waals surface area contributed by atoms with Crippen LogP contribution in [-0.4, -0.2) is 10.9 Å². The van der Waals surface area contributed by atoms with Gasteiger partial charge in [0.15, 0.2) is 29.1 Å². The zero-order valence-corrected chi connectivity index (χ0v) is 10.8. The van der Waals surface area contributed by atoms with Gasteiger partial charge in [-0.05, 0) is 13.0 Å². The maximum absolute atomic E-state index is 13.6. The Bertz CT molecular complexity index is 729. The first kappa shape index (κ1) is 15.9. The van der Waals surface area contributed by atoms with Gasteiger partial charge in [0.25, 0.3) is 0 Å². The monoisotopic (exact) mass is 315 g/mol. The minimum atomic E-state index is -2.35. The van der Waals surface area contributed by atoms with Crippen molar-refractivity contribution in [2.24, 2.45) is 0 Å². The Morgan fingerprint density at radius 3 is 1.86 bits per heavy atom. The molecule has 0 aliphatic heterocycles. The van der Waals surface area contributed by atoms with Crippen LogP contribution in [0.5, 0.6) is 5.75 Å². The van der Waals surface area contributed by atoms with Crippen LogP contribution in [0.2, 0.25) is 0 Å². The van der Waals surface area contributed by atoms with Gasteiger partial charge < -0.3 is 5.11 Å². The summed E-state index contributed by atoms with van der Waals surface area (Å²) >= 11 is 0. The van der Waals surface area contributed by atoms with E-state index in [1.54, 1.807) is 0 Å². The average molecular weight is 315 g/mol. The summed E-state index contributed by atoms with van der Waals surface area (Å²) in [5, 5.41) is 9.58. The van der Waals surface area contributed by atoms with Gasteiger partial charge in [-0.1, -0.05) is 18.2 Å². The summed E-state index contributed by atoms with van der Waals surface area (Å²) in [7, 11) is 0. The Labute approximate surface area is 121 Å². The lowest BCUT2D eigenvalue weighted by molar-refractivity contribution is 0.0962. The topological polar surface area (TPSA) is 37.3 Å². The van der Waals surface area contributed by atoms with Crippen LogP contribution >= 0.6 is 0 Å². The second-order valence-electron chi connectivity index (χ2n) is 4.42. The molecule has 0 saturated heterocycles. The lowest BCUT2D eigenvalue weighted by Crippen LogP contribution is -2.17. The standard InChI is InChI=1S/C15H8F5O2/c1-6(7-4-2-3-5-8(7)21)15(22)9-10(16)12(18)14(20)13(19)11(9)17/h2-6,21H,1H2/t6-/m0/s1. The third-order valence-electron chi connectivity index (χ3n) is 3.08. The van der Waals surface area contributed by atoms with E-state index in [1.165, 1.54) is 24.3 Å². The quantitative estimate of drug-likeness (QED) is 0.404. The van der Waals surface area contributed by atoms with Gasteiger partial charge in [-0.15, -0.1) is 0 Å². The minimum absolute atomic E-state index is 0.101. The molecule has 0 aliphatic rings. The van der Waals surface area contributed by atoms with Crippen LogP contribution in [0.1, 0.15) is 21.8 Å². The molecule has 2 aromatic carbocycles. The van der Waals surface area contributed by atoms with Gasteiger partial charge in [0.05, 0.1) is 11.5 Å². The van der Waals surface area contributed by atoms with Crippen LogP contribution in [0.3, 0.4) is 0 Å². The molecule has 7 heteroatoms. The van der Waals surface area contributed by atoms with Crippen LogP contribution in [0.15, 0.2) is 24.3 Å². The smallest absolute Gasteiger partial charge is 0.200 e. The molecule has 0 fully saturated rings. The van der Waals surface area contributed by atoms with Crippen molar-refractivity contribution in [2.45, 2.75) is 5.92 Å². The summed E-state index contributed by atoms with van der Waals surface area (Å²) < 4.78 is 66.4. The number of carbonyl (C=O) groups excluding carboxylic acids is 1. The van der Waals surface area contributed by atoms with E-state index in [-0.39, 0.29) is 11.3 Å². The van der Waals surface area contributed by atoms with E-state index in [0.29, 0.717) is 0 Å². The molecule has 2 nitrogen and oxygen atoms in total. The van der Waals surface area contributed by atoms with Crippen molar-refractivity contribution < 1.29 is 31.9 Å². The highest BCUT2D eigenvalue weighted by molar-refractivity contribution is 6.02. The molecule has 1 radical (unpaired) electrons. The third-order valence-corrected chi connectivity index (χ3v) is 3.08. The molecule has 0 amide bonds. The molecule has 0 spiro atoms. The number of hydrogen-bond donors (Lipinski definition) is 1. The van der Waals surface area contributed by atoms with E-state index in [2.05, 4.69) is 6.92 Å². The van der Waals surface area contributed by atoms with Crippen LogP contribution in [-0.2, 0) is 0 Å². The number of phenols is 1. The molecule has 115 valence electrons. The lowest BCUT2D eigenvalue weighted by atomic mass is 9.91. The van der Waals surface area contributed by atoms with Crippen molar-refractivity contribution in [1.82, 2.24) is 0 Å². The third kappa shape index (κ3) is 2.43. The molecule has 1 N–H and O–H groups in total. The van der Waals surface area contributed by atoms with Crippen molar-refractivity contribution in [2.75, 3.05) is 0 Å². The summed E-state index contributed by atoms with van der Waals surface area (Å²) in [5.41, 5.74) is -1.68. The average Bonchev–Trinajstić information content (AvgIpc) is 2.51. The van der Waals surface area contributed by atoms with Gasteiger partial charge in [0.1, 0.15) is 5.75 Å². The van der Waals surface area contributed by atoms with Gasteiger partial charge in [0.2, 0.25) is 5.82 Å². The molecular weight excluding hydrogens is 307 g/mol. The molecule has 22 heavy (non-hydrogen) atoms. The van der Waals surface area contributed by atoms with Gasteiger partial charge in [-0.25, -0.2) is 22.0 Å². The van der Waals surface area contributed by atoms with Crippen molar-refractivity contribution in [3.05, 3.63) is 71.4 Å². The molecule has 0 bridgehead atoms. The SMILES string of the molecule is [CH2][C@H](C(=O)c1c(F)c(F)c(F)c(F)c1F)c1ccccc1O. The Balaban J connectivity index is 2.58. The number of benzene rings is 2. The van der Waals surface area contributed by atoms with E-state index < -0.39 is 46.4 Å². The fourth-order valence-corrected chi connectivity index (χ4v) is 1.92. The molecule has 1 atom stereocenters. The Kier molecular flexibility index (Phi) is 4.16. The van der Waals surface area contributed by atoms with Gasteiger partial charge in [-0.3, -0.25) is 4.79 Å². The fraction of sp³-hybridized carbons (Fsp3) is 0.0667. The summed E-state index contributed by atoms with van der Waals surface area (Å²) in [4.78, 5) is 12.0. The maximum Gasteiger partial charge on any atom is 0.200 e. The number of rotatable bonds is 3. The zero-order valence-electron chi connectivity index (χ0n) is 10.8. The van der Waals surface area contributed by atoms with E-state index in [9.17, 15) is 31.9 Å².